The third kappa shape index (κ3) is 11.3. The molecule has 182 valence electrons. The van der Waals surface area contributed by atoms with Gasteiger partial charge < -0.3 is 25.8 Å². The van der Waals surface area contributed by atoms with E-state index in [9.17, 15) is 28.3 Å². The Bertz CT molecular complexity index is 606. The van der Waals surface area contributed by atoms with E-state index in [1.54, 1.807) is 34.6 Å². The molecule has 0 saturated carbocycles. The first kappa shape index (κ1) is 29.0. The molecular formula is C21H39F2N3O5. The largest absolute Gasteiger partial charge is 0.444 e. The molecule has 0 rings (SSSR count). The third-order valence-corrected chi connectivity index (χ3v) is 4.24. The molecule has 0 heterocycles. The number of aliphatic hydroxyl groups is 1. The minimum Gasteiger partial charge on any atom is -0.444 e. The summed E-state index contributed by atoms with van der Waals surface area (Å²) in [5.41, 5.74) is -0.865. The SMILES string of the molecule is CC(C)CCNC(=O)C(C)NC(=O)C(F)(F)C(O)C(CC(C)C)NC(=O)OC(C)(C)C. The Kier molecular flexibility index (Phi) is 11.4. The van der Waals surface area contributed by atoms with Crippen LogP contribution < -0.4 is 16.0 Å². The first-order chi connectivity index (χ1) is 14.0. The van der Waals surface area contributed by atoms with E-state index in [-0.39, 0.29) is 12.3 Å². The maximum absolute atomic E-state index is 14.7. The van der Waals surface area contributed by atoms with Gasteiger partial charge in [-0.3, -0.25) is 9.59 Å². The first-order valence-corrected chi connectivity index (χ1v) is 10.6. The summed E-state index contributed by atoms with van der Waals surface area (Å²) in [6.45, 7) is 13.8. The fourth-order valence-electron chi connectivity index (χ4n) is 2.62. The highest BCUT2D eigenvalue weighted by molar-refractivity contribution is 5.90. The van der Waals surface area contributed by atoms with Crippen LogP contribution in [0.2, 0.25) is 0 Å². The van der Waals surface area contributed by atoms with Crippen LogP contribution in [0.5, 0.6) is 0 Å². The van der Waals surface area contributed by atoms with Crippen LogP contribution in [-0.4, -0.2) is 59.3 Å². The Morgan fingerprint density at radius 1 is 0.968 bits per heavy atom. The van der Waals surface area contributed by atoms with E-state index in [4.69, 9.17) is 4.74 Å². The maximum atomic E-state index is 14.7. The first-order valence-electron chi connectivity index (χ1n) is 10.6. The summed E-state index contributed by atoms with van der Waals surface area (Å²) >= 11 is 0. The minimum atomic E-state index is -4.25. The lowest BCUT2D eigenvalue weighted by molar-refractivity contribution is -0.168. The summed E-state index contributed by atoms with van der Waals surface area (Å²) in [5.74, 6) is -6.48. The van der Waals surface area contributed by atoms with Crippen molar-refractivity contribution in [3.05, 3.63) is 0 Å². The normalized spacial score (nSPS) is 15.3. The summed E-state index contributed by atoms with van der Waals surface area (Å²) in [4.78, 5) is 36.2. The molecule has 3 atom stereocenters. The van der Waals surface area contributed by atoms with Crippen molar-refractivity contribution in [2.24, 2.45) is 11.8 Å². The Labute approximate surface area is 183 Å². The van der Waals surface area contributed by atoms with Gasteiger partial charge in [-0.15, -0.1) is 0 Å². The summed E-state index contributed by atoms with van der Waals surface area (Å²) < 4.78 is 34.5. The average molecular weight is 452 g/mol. The number of aliphatic hydroxyl groups excluding tert-OH is 1. The highest BCUT2D eigenvalue weighted by Gasteiger charge is 2.51. The molecule has 0 aromatic rings. The molecule has 0 spiro atoms. The molecule has 0 saturated heterocycles. The van der Waals surface area contributed by atoms with Crippen molar-refractivity contribution in [1.82, 2.24) is 16.0 Å². The van der Waals surface area contributed by atoms with Gasteiger partial charge in [0.25, 0.3) is 5.91 Å². The van der Waals surface area contributed by atoms with Crippen molar-refractivity contribution in [2.75, 3.05) is 6.54 Å². The molecule has 0 radical (unpaired) electrons. The number of hydrogen-bond donors (Lipinski definition) is 4. The zero-order valence-electron chi connectivity index (χ0n) is 19.8. The highest BCUT2D eigenvalue weighted by Crippen LogP contribution is 2.25. The molecule has 31 heavy (non-hydrogen) atoms. The van der Waals surface area contributed by atoms with Crippen LogP contribution in [0.4, 0.5) is 13.6 Å². The standard InChI is InChI=1S/C21H39F2N3O5/c1-12(2)9-10-24-17(28)14(5)25-18(29)21(22,23)16(27)15(11-13(3)4)26-19(30)31-20(6,7)8/h12-16,27H,9-11H2,1-8H3,(H,24,28)(H,25,29)(H,26,30). The van der Waals surface area contributed by atoms with Gasteiger partial charge in [-0.05, 0) is 52.4 Å². The number of ether oxygens (including phenoxy) is 1. The molecule has 3 unspecified atom stereocenters. The van der Waals surface area contributed by atoms with Crippen LogP contribution >= 0.6 is 0 Å². The predicted octanol–water partition coefficient (Wildman–Crippen LogP) is 2.59. The van der Waals surface area contributed by atoms with Crippen LogP contribution in [0.3, 0.4) is 0 Å². The molecule has 0 aliphatic carbocycles. The van der Waals surface area contributed by atoms with Crippen molar-refractivity contribution in [1.29, 1.82) is 0 Å². The number of carbonyl (C=O) groups is 3. The van der Waals surface area contributed by atoms with Crippen LogP contribution in [0.15, 0.2) is 0 Å². The van der Waals surface area contributed by atoms with Gasteiger partial charge in [0.05, 0.1) is 6.04 Å². The van der Waals surface area contributed by atoms with E-state index >= 15 is 0 Å². The zero-order valence-corrected chi connectivity index (χ0v) is 19.8. The molecule has 3 amide bonds. The van der Waals surface area contributed by atoms with Crippen molar-refractivity contribution in [3.8, 4) is 0 Å². The maximum Gasteiger partial charge on any atom is 0.407 e. The number of amides is 3. The average Bonchev–Trinajstić information content (AvgIpc) is 2.57. The Morgan fingerprint density at radius 2 is 1.52 bits per heavy atom. The molecule has 0 bridgehead atoms. The number of alkyl halides is 2. The van der Waals surface area contributed by atoms with Gasteiger partial charge in [0, 0.05) is 6.54 Å². The van der Waals surface area contributed by atoms with E-state index in [2.05, 4.69) is 10.6 Å². The fraction of sp³-hybridized carbons (Fsp3) is 0.857. The second-order valence-electron chi connectivity index (χ2n) is 9.62. The van der Waals surface area contributed by atoms with E-state index in [1.807, 2.05) is 19.2 Å². The lowest BCUT2D eigenvalue weighted by atomic mass is 9.95. The number of hydrogen-bond acceptors (Lipinski definition) is 5. The number of nitrogens with one attached hydrogen (secondary N) is 3. The molecule has 0 aromatic heterocycles. The van der Waals surface area contributed by atoms with Crippen molar-refractivity contribution in [3.63, 3.8) is 0 Å². The third-order valence-electron chi connectivity index (χ3n) is 4.24. The minimum absolute atomic E-state index is 0.0193. The number of rotatable bonds is 11. The summed E-state index contributed by atoms with van der Waals surface area (Å²) in [5, 5.41) is 17.0. The van der Waals surface area contributed by atoms with Gasteiger partial charge in [-0.2, -0.15) is 8.78 Å². The van der Waals surface area contributed by atoms with Gasteiger partial charge >= 0.3 is 12.0 Å². The van der Waals surface area contributed by atoms with E-state index in [0.29, 0.717) is 18.9 Å². The van der Waals surface area contributed by atoms with Gasteiger partial charge in [-0.25, -0.2) is 4.79 Å². The van der Waals surface area contributed by atoms with Gasteiger partial charge in [-0.1, -0.05) is 27.7 Å². The molecular weight excluding hydrogens is 412 g/mol. The molecule has 4 N–H and O–H groups in total. The van der Waals surface area contributed by atoms with Gasteiger partial charge in [0.15, 0.2) is 0 Å². The molecule has 10 heteroatoms. The second kappa shape index (κ2) is 12.2. The van der Waals surface area contributed by atoms with Crippen molar-refractivity contribution < 1.29 is 33.0 Å². The van der Waals surface area contributed by atoms with E-state index in [0.717, 1.165) is 0 Å². The predicted molar refractivity (Wildman–Crippen MR) is 114 cm³/mol. The topological polar surface area (TPSA) is 117 Å². The fourth-order valence-corrected chi connectivity index (χ4v) is 2.62. The van der Waals surface area contributed by atoms with Gasteiger partial charge in [0.2, 0.25) is 5.91 Å². The molecule has 8 nitrogen and oxygen atoms in total. The number of carbonyl (C=O) groups excluding carboxylic acids is 3. The van der Waals surface area contributed by atoms with E-state index in [1.165, 1.54) is 6.92 Å². The lowest BCUT2D eigenvalue weighted by Gasteiger charge is -2.31. The Hall–Kier alpha value is -1.97. The summed E-state index contributed by atoms with van der Waals surface area (Å²) in [7, 11) is 0. The molecule has 0 fully saturated rings. The molecule has 0 aromatic carbocycles. The van der Waals surface area contributed by atoms with E-state index < -0.39 is 47.6 Å². The Balaban J connectivity index is 5.18. The monoisotopic (exact) mass is 451 g/mol. The quantitative estimate of drug-likeness (QED) is 0.385. The smallest absolute Gasteiger partial charge is 0.407 e. The van der Waals surface area contributed by atoms with Crippen LogP contribution in [0.1, 0.15) is 68.2 Å². The zero-order chi connectivity index (χ0) is 24.6. The van der Waals surface area contributed by atoms with Crippen molar-refractivity contribution >= 4 is 17.9 Å². The number of halogens is 2. The van der Waals surface area contributed by atoms with Crippen LogP contribution in [0, 0.1) is 11.8 Å². The second-order valence-corrected chi connectivity index (χ2v) is 9.62. The van der Waals surface area contributed by atoms with Crippen LogP contribution in [0.25, 0.3) is 0 Å². The lowest BCUT2D eigenvalue weighted by Crippen LogP contribution is -2.60. The summed E-state index contributed by atoms with van der Waals surface area (Å²) in [6.07, 6.45) is -2.81. The Morgan fingerprint density at radius 3 is 1.97 bits per heavy atom. The number of alkyl carbamates (subject to hydrolysis) is 1. The highest BCUT2D eigenvalue weighted by atomic mass is 19.3. The molecule has 0 aliphatic heterocycles. The summed E-state index contributed by atoms with van der Waals surface area (Å²) in [6, 6.07) is -2.66. The molecule has 0 aliphatic rings. The van der Waals surface area contributed by atoms with Crippen LogP contribution in [-0.2, 0) is 14.3 Å². The van der Waals surface area contributed by atoms with Gasteiger partial charge in [0.1, 0.15) is 17.7 Å². The van der Waals surface area contributed by atoms with Crippen molar-refractivity contribution in [2.45, 2.75) is 97.9 Å².